The molecule has 1 amide bonds. The lowest BCUT2D eigenvalue weighted by atomic mass is 9.90. The molecule has 0 fully saturated rings. The number of carbonyl (C=O) groups excluding carboxylic acids is 1. The number of pyridine rings is 1. The van der Waals surface area contributed by atoms with Crippen molar-refractivity contribution in [3.05, 3.63) is 64.1 Å². The summed E-state index contributed by atoms with van der Waals surface area (Å²) in [7, 11) is 0. The van der Waals surface area contributed by atoms with Gasteiger partial charge in [-0.1, -0.05) is 6.07 Å². The van der Waals surface area contributed by atoms with Crippen molar-refractivity contribution in [2.45, 2.75) is 33.3 Å². The van der Waals surface area contributed by atoms with Crippen LogP contribution in [0.25, 0.3) is 5.70 Å². The van der Waals surface area contributed by atoms with Crippen molar-refractivity contribution in [1.29, 1.82) is 0 Å². The van der Waals surface area contributed by atoms with Gasteiger partial charge in [0.15, 0.2) is 0 Å². The van der Waals surface area contributed by atoms with Crippen LogP contribution < -0.4 is 15.6 Å². The van der Waals surface area contributed by atoms with Crippen LogP contribution in [0.2, 0.25) is 0 Å². The Morgan fingerprint density at radius 1 is 1.21 bits per heavy atom. The quantitative estimate of drug-likeness (QED) is 0.922. The van der Waals surface area contributed by atoms with Crippen LogP contribution in [0.5, 0.6) is 5.75 Å². The van der Waals surface area contributed by atoms with E-state index in [1.54, 1.807) is 22.9 Å². The highest BCUT2D eigenvalue weighted by Gasteiger charge is 2.33. The van der Waals surface area contributed by atoms with Crippen LogP contribution in [0.3, 0.4) is 0 Å². The second kappa shape index (κ2) is 5.67. The Morgan fingerprint density at radius 3 is 2.62 bits per heavy atom. The maximum Gasteiger partial charge on any atom is 0.255 e. The zero-order chi connectivity index (χ0) is 17.5. The van der Waals surface area contributed by atoms with Gasteiger partial charge in [0.1, 0.15) is 11.4 Å². The molecule has 5 heteroatoms. The number of rotatable bonds is 2. The zero-order valence-corrected chi connectivity index (χ0v) is 14.2. The predicted molar refractivity (Wildman–Crippen MR) is 94.1 cm³/mol. The Labute approximate surface area is 140 Å². The molecule has 1 N–H and O–H groups in total. The average molecular weight is 324 g/mol. The lowest BCUT2D eigenvalue weighted by Crippen LogP contribution is -2.36. The summed E-state index contributed by atoms with van der Waals surface area (Å²) in [6, 6.07) is 10.5. The number of nitrogens with one attached hydrogen (secondary N) is 1. The fourth-order valence-corrected chi connectivity index (χ4v) is 2.85. The minimum absolute atomic E-state index is 0.111. The molecule has 5 nitrogen and oxygen atoms in total. The summed E-state index contributed by atoms with van der Waals surface area (Å²) in [5.74, 6) is 0.539. The lowest BCUT2D eigenvalue weighted by Gasteiger charge is -2.36. The van der Waals surface area contributed by atoms with Gasteiger partial charge in [-0.3, -0.25) is 14.2 Å². The van der Waals surface area contributed by atoms with Gasteiger partial charge in [0.2, 0.25) is 5.91 Å². The highest BCUT2D eigenvalue weighted by molar-refractivity contribution is 5.90. The monoisotopic (exact) mass is 324 g/mol. The van der Waals surface area contributed by atoms with Crippen molar-refractivity contribution in [3.63, 3.8) is 0 Å². The van der Waals surface area contributed by atoms with Crippen LogP contribution in [-0.4, -0.2) is 16.1 Å². The van der Waals surface area contributed by atoms with Crippen molar-refractivity contribution in [1.82, 2.24) is 4.57 Å². The first-order chi connectivity index (χ1) is 11.3. The number of anilines is 1. The Morgan fingerprint density at radius 2 is 1.96 bits per heavy atom. The number of fused-ring (bicyclic) bond motifs is 1. The Bertz CT molecular complexity index is 907. The molecule has 0 aliphatic carbocycles. The molecular weight excluding hydrogens is 304 g/mol. The van der Waals surface area contributed by atoms with E-state index >= 15 is 0 Å². The summed E-state index contributed by atoms with van der Waals surface area (Å²) in [5, 5.41) is 2.77. The number of nitrogens with zero attached hydrogens (tertiary/aromatic N) is 1. The molecular formula is C19H20N2O3. The van der Waals surface area contributed by atoms with Gasteiger partial charge in [-0.05, 0) is 50.6 Å². The molecule has 0 radical (unpaired) electrons. The van der Waals surface area contributed by atoms with Crippen molar-refractivity contribution >= 4 is 17.3 Å². The molecule has 1 aliphatic heterocycles. The second-order valence-electron chi connectivity index (χ2n) is 6.39. The third-order valence-corrected chi connectivity index (χ3v) is 4.24. The highest BCUT2D eigenvalue weighted by Crippen LogP contribution is 2.41. The van der Waals surface area contributed by atoms with Crippen LogP contribution in [0.1, 0.15) is 33.3 Å². The second-order valence-corrected chi connectivity index (χ2v) is 6.39. The molecule has 0 saturated heterocycles. The summed E-state index contributed by atoms with van der Waals surface area (Å²) in [6.07, 6.45) is 1.75. The van der Waals surface area contributed by atoms with E-state index in [0.29, 0.717) is 11.4 Å². The summed E-state index contributed by atoms with van der Waals surface area (Å²) >= 11 is 0. The standard InChI is InChI=1S/C19H20N2O3/c1-12-18(21-10-6-5-7-17(21)23)15-11-14(20-13(2)22)8-9-16(15)24-19(12,3)4/h5-11H,1-4H3,(H,20,22). The molecule has 124 valence electrons. The maximum absolute atomic E-state index is 12.4. The average Bonchev–Trinajstić information content (AvgIpc) is 2.50. The van der Waals surface area contributed by atoms with Gasteiger partial charge in [-0.15, -0.1) is 0 Å². The van der Waals surface area contributed by atoms with Crippen molar-refractivity contribution in [2.24, 2.45) is 0 Å². The number of ether oxygens (including phenoxy) is 1. The molecule has 1 aromatic heterocycles. The van der Waals surface area contributed by atoms with E-state index in [-0.39, 0.29) is 11.5 Å². The Hall–Kier alpha value is -2.82. The van der Waals surface area contributed by atoms with E-state index in [1.807, 2.05) is 39.0 Å². The van der Waals surface area contributed by atoms with E-state index in [0.717, 1.165) is 16.8 Å². The van der Waals surface area contributed by atoms with Crippen LogP contribution in [0.15, 0.2) is 53.0 Å². The molecule has 1 aromatic carbocycles. The Kier molecular flexibility index (Phi) is 3.79. The Balaban J connectivity index is 2.27. The largest absolute Gasteiger partial charge is 0.483 e. The molecule has 1 aliphatic rings. The van der Waals surface area contributed by atoms with Gasteiger partial charge < -0.3 is 10.1 Å². The smallest absolute Gasteiger partial charge is 0.255 e. The SMILES string of the molecule is CC(=O)Nc1ccc2c(c1)C(n1ccccc1=O)=C(C)C(C)(C)O2. The molecule has 0 bridgehead atoms. The highest BCUT2D eigenvalue weighted by atomic mass is 16.5. The fraction of sp³-hybridized carbons (Fsp3) is 0.263. The van der Waals surface area contributed by atoms with E-state index in [4.69, 9.17) is 4.74 Å². The van der Waals surface area contributed by atoms with Crippen LogP contribution >= 0.6 is 0 Å². The minimum Gasteiger partial charge on any atom is -0.483 e. The maximum atomic E-state index is 12.4. The van der Waals surface area contributed by atoms with Gasteiger partial charge >= 0.3 is 0 Å². The summed E-state index contributed by atoms with van der Waals surface area (Å²) in [4.78, 5) is 23.7. The molecule has 0 atom stereocenters. The molecule has 0 spiro atoms. The number of benzene rings is 1. The molecule has 3 rings (SSSR count). The molecule has 0 saturated carbocycles. The molecule has 24 heavy (non-hydrogen) atoms. The summed E-state index contributed by atoms with van der Waals surface area (Å²) in [5.41, 5.74) is 2.54. The number of hydrogen-bond acceptors (Lipinski definition) is 3. The van der Waals surface area contributed by atoms with Gasteiger partial charge in [0.05, 0.1) is 5.70 Å². The number of carbonyl (C=O) groups is 1. The van der Waals surface area contributed by atoms with E-state index in [2.05, 4.69) is 5.32 Å². The first-order valence-electron chi connectivity index (χ1n) is 7.80. The van der Waals surface area contributed by atoms with Crippen molar-refractivity contribution in [3.8, 4) is 5.75 Å². The normalized spacial score (nSPS) is 15.5. The number of amides is 1. The first-order valence-corrected chi connectivity index (χ1v) is 7.80. The van der Waals surface area contributed by atoms with Gasteiger partial charge in [0, 0.05) is 30.4 Å². The number of hydrogen-bond donors (Lipinski definition) is 1. The van der Waals surface area contributed by atoms with Gasteiger partial charge in [0.25, 0.3) is 5.56 Å². The lowest BCUT2D eigenvalue weighted by molar-refractivity contribution is -0.114. The molecule has 2 heterocycles. The minimum atomic E-state index is -0.535. The molecule has 2 aromatic rings. The van der Waals surface area contributed by atoms with Crippen LogP contribution in [0, 0.1) is 0 Å². The summed E-state index contributed by atoms with van der Waals surface area (Å²) < 4.78 is 7.72. The fourth-order valence-electron chi connectivity index (χ4n) is 2.85. The van der Waals surface area contributed by atoms with E-state index < -0.39 is 5.60 Å². The summed E-state index contributed by atoms with van der Waals surface area (Å²) in [6.45, 7) is 7.37. The number of aromatic nitrogens is 1. The first kappa shape index (κ1) is 16.1. The topological polar surface area (TPSA) is 60.3 Å². The third kappa shape index (κ3) is 2.73. The van der Waals surface area contributed by atoms with Crippen molar-refractivity contribution in [2.75, 3.05) is 5.32 Å². The van der Waals surface area contributed by atoms with Gasteiger partial charge in [-0.25, -0.2) is 0 Å². The van der Waals surface area contributed by atoms with Crippen LogP contribution in [0.4, 0.5) is 5.69 Å². The van der Waals surface area contributed by atoms with E-state index in [9.17, 15) is 9.59 Å². The third-order valence-electron chi connectivity index (χ3n) is 4.24. The molecule has 0 unspecified atom stereocenters. The van der Waals surface area contributed by atoms with Crippen LogP contribution in [-0.2, 0) is 4.79 Å². The van der Waals surface area contributed by atoms with Crippen molar-refractivity contribution < 1.29 is 9.53 Å². The zero-order valence-electron chi connectivity index (χ0n) is 14.2. The predicted octanol–water partition coefficient (Wildman–Crippen LogP) is 3.26. The van der Waals surface area contributed by atoms with Gasteiger partial charge in [-0.2, -0.15) is 0 Å². The van der Waals surface area contributed by atoms with E-state index in [1.165, 1.54) is 13.0 Å².